The lowest BCUT2D eigenvalue weighted by atomic mass is 9.75. The SMILES string of the molecule is N#Cc1ncc(N2C(=O)C3(CCC3)N(c3ccc(Oc4ccccc4)cc3)C2S)cc1C(F)(F)F. The number of hydrogen-bond donors (Lipinski definition) is 1. The third-order valence-corrected chi connectivity index (χ3v) is 6.84. The quantitative estimate of drug-likeness (QED) is 0.466. The first-order chi connectivity index (χ1) is 16.7. The van der Waals surface area contributed by atoms with Gasteiger partial charge >= 0.3 is 6.18 Å². The van der Waals surface area contributed by atoms with Crippen LogP contribution in [0.5, 0.6) is 11.5 Å². The molecule has 1 aromatic heterocycles. The number of amides is 1. The van der Waals surface area contributed by atoms with Crippen molar-refractivity contribution in [3.8, 4) is 17.6 Å². The molecule has 2 heterocycles. The van der Waals surface area contributed by atoms with Crippen LogP contribution in [-0.2, 0) is 11.0 Å². The first-order valence-electron chi connectivity index (χ1n) is 10.9. The Morgan fingerprint density at radius 1 is 1.06 bits per heavy atom. The number of rotatable bonds is 4. The van der Waals surface area contributed by atoms with Crippen molar-refractivity contribution in [1.82, 2.24) is 4.98 Å². The summed E-state index contributed by atoms with van der Waals surface area (Å²) in [6, 6.07) is 18.7. The number of anilines is 2. The van der Waals surface area contributed by atoms with E-state index in [0.717, 1.165) is 18.7 Å². The van der Waals surface area contributed by atoms with Gasteiger partial charge in [0.25, 0.3) is 5.91 Å². The Bertz CT molecular complexity index is 1310. The van der Waals surface area contributed by atoms with Crippen LogP contribution in [0.4, 0.5) is 24.5 Å². The number of nitrogens with zero attached hydrogens (tertiary/aromatic N) is 4. The number of para-hydroxylation sites is 1. The molecule has 1 atom stereocenters. The van der Waals surface area contributed by atoms with E-state index in [4.69, 9.17) is 10.00 Å². The van der Waals surface area contributed by atoms with Gasteiger partial charge in [0, 0.05) is 5.69 Å². The average molecular weight is 497 g/mol. The van der Waals surface area contributed by atoms with Crippen molar-refractivity contribution in [1.29, 1.82) is 5.26 Å². The zero-order valence-corrected chi connectivity index (χ0v) is 19.1. The number of ether oxygens (including phenoxy) is 1. The number of benzene rings is 2. The van der Waals surface area contributed by atoms with Crippen molar-refractivity contribution in [2.45, 2.75) is 36.5 Å². The molecule has 2 aromatic carbocycles. The molecule has 1 amide bonds. The molecule has 0 bridgehead atoms. The lowest BCUT2D eigenvalue weighted by Gasteiger charge is -2.44. The molecule has 1 saturated heterocycles. The number of hydrogen-bond acceptors (Lipinski definition) is 6. The summed E-state index contributed by atoms with van der Waals surface area (Å²) >= 11 is 4.65. The molecule has 6 nitrogen and oxygen atoms in total. The topological polar surface area (TPSA) is 69.5 Å². The highest BCUT2D eigenvalue weighted by atomic mass is 32.1. The zero-order chi connectivity index (χ0) is 24.8. The minimum Gasteiger partial charge on any atom is -0.457 e. The van der Waals surface area contributed by atoms with E-state index in [1.807, 2.05) is 35.2 Å². The maximum absolute atomic E-state index is 13.6. The molecule has 178 valence electrons. The van der Waals surface area contributed by atoms with Gasteiger partial charge < -0.3 is 9.64 Å². The maximum Gasteiger partial charge on any atom is 0.419 e. The minimum atomic E-state index is -4.79. The third kappa shape index (κ3) is 3.86. The van der Waals surface area contributed by atoms with E-state index < -0.39 is 28.5 Å². The molecule has 1 unspecified atom stereocenters. The lowest BCUT2D eigenvalue weighted by Crippen LogP contribution is -2.55. The number of carbonyl (C=O) groups is 1. The second kappa shape index (κ2) is 8.50. The highest BCUT2D eigenvalue weighted by Gasteiger charge is 2.60. The minimum absolute atomic E-state index is 0.0564. The average Bonchev–Trinajstić information content (AvgIpc) is 3.06. The third-order valence-electron chi connectivity index (χ3n) is 6.38. The molecule has 0 N–H and O–H groups in total. The van der Waals surface area contributed by atoms with Crippen LogP contribution >= 0.6 is 12.6 Å². The Labute approximate surface area is 205 Å². The number of pyridine rings is 1. The van der Waals surface area contributed by atoms with Crippen LogP contribution < -0.4 is 14.5 Å². The smallest absolute Gasteiger partial charge is 0.419 e. The van der Waals surface area contributed by atoms with Crippen molar-refractivity contribution in [2.24, 2.45) is 0 Å². The van der Waals surface area contributed by atoms with Gasteiger partial charge in [-0.2, -0.15) is 18.4 Å². The van der Waals surface area contributed by atoms with E-state index in [2.05, 4.69) is 17.6 Å². The molecule has 2 fully saturated rings. The number of alkyl halides is 3. The Morgan fingerprint density at radius 2 is 1.71 bits per heavy atom. The predicted octanol–water partition coefficient (Wildman–Crippen LogP) is 5.75. The van der Waals surface area contributed by atoms with E-state index in [1.165, 1.54) is 11.0 Å². The van der Waals surface area contributed by atoms with Crippen molar-refractivity contribution >= 4 is 29.9 Å². The van der Waals surface area contributed by atoms with Gasteiger partial charge in [0.2, 0.25) is 0 Å². The molecule has 10 heteroatoms. The lowest BCUT2D eigenvalue weighted by molar-refractivity contribution is -0.138. The summed E-state index contributed by atoms with van der Waals surface area (Å²) in [6.07, 6.45) is -1.76. The first-order valence-corrected chi connectivity index (χ1v) is 11.4. The van der Waals surface area contributed by atoms with Gasteiger partial charge in [0.1, 0.15) is 23.1 Å². The fourth-order valence-electron chi connectivity index (χ4n) is 4.56. The van der Waals surface area contributed by atoms with Gasteiger partial charge in [-0.3, -0.25) is 9.69 Å². The second-order valence-electron chi connectivity index (χ2n) is 8.38. The van der Waals surface area contributed by atoms with Gasteiger partial charge in [-0.25, -0.2) is 4.98 Å². The molecule has 2 aliphatic rings. The van der Waals surface area contributed by atoms with Crippen LogP contribution in [0.1, 0.15) is 30.5 Å². The van der Waals surface area contributed by atoms with E-state index >= 15 is 0 Å². The molecule has 35 heavy (non-hydrogen) atoms. The van der Waals surface area contributed by atoms with Crippen LogP contribution in [0.25, 0.3) is 0 Å². The summed E-state index contributed by atoms with van der Waals surface area (Å²) in [4.78, 5) is 20.3. The first kappa shape index (κ1) is 23.1. The number of halogens is 3. The van der Waals surface area contributed by atoms with Crippen molar-refractivity contribution < 1.29 is 22.7 Å². The van der Waals surface area contributed by atoms with Gasteiger partial charge in [-0.15, -0.1) is 12.6 Å². The summed E-state index contributed by atoms with van der Waals surface area (Å²) in [5.41, 5.74) is -3.06. The van der Waals surface area contributed by atoms with E-state index in [1.54, 1.807) is 24.3 Å². The Balaban J connectivity index is 1.49. The Morgan fingerprint density at radius 3 is 2.29 bits per heavy atom. The zero-order valence-electron chi connectivity index (χ0n) is 18.2. The summed E-state index contributed by atoms with van der Waals surface area (Å²) < 4.78 is 46.4. The monoisotopic (exact) mass is 496 g/mol. The van der Waals surface area contributed by atoms with E-state index in [-0.39, 0.29) is 11.6 Å². The Kier molecular flexibility index (Phi) is 5.60. The van der Waals surface area contributed by atoms with Crippen LogP contribution in [0.2, 0.25) is 0 Å². The van der Waals surface area contributed by atoms with Crippen molar-refractivity contribution in [2.75, 3.05) is 9.80 Å². The standard InChI is InChI=1S/C25H19F3N4O2S/c26-25(27,28)20-13-17(15-30-21(20)14-29)31-22(33)24(11-4-12-24)32(23(31)35)16-7-9-19(10-8-16)34-18-5-2-1-3-6-18/h1-3,5-10,13,15,23,35H,4,11-12H2. The molecule has 1 aliphatic heterocycles. The van der Waals surface area contributed by atoms with Gasteiger partial charge in [0.05, 0.1) is 17.4 Å². The molecule has 0 radical (unpaired) electrons. The highest BCUT2D eigenvalue weighted by Crippen LogP contribution is 2.50. The molecule has 3 aromatic rings. The fourth-order valence-corrected chi connectivity index (χ4v) is 5.15. The summed E-state index contributed by atoms with van der Waals surface area (Å²) in [5.74, 6) is 0.943. The van der Waals surface area contributed by atoms with E-state index in [9.17, 15) is 18.0 Å². The number of aromatic nitrogens is 1. The molecular formula is C25H19F3N4O2S. The summed E-state index contributed by atoms with van der Waals surface area (Å²) in [7, 11) is 0. The van der Waals surface area contributed by atoms with Gasteiger partial charge in [-0.05, 0) is 61.7 Å². The molecule has 1 aliphatic carbocycles. The molecule has 1 spiro atoms. The summed E-state index contributed by atoms with van der Waals surface area (Å²) in [5, 5.41) is 9.05. The number of thiol groups is 1. The van der Waals surface area contributed by atoms with Gasteiger partial charge in [0.15, 0.2) is 11.2 Å². The van der Waals surface area contributed by atoms with Crippen molar-refractivity contribution in [3.63, 3.8) is 0 Å². The normalized spacial score (nSPS) is 18.9. The van der Waals surface area contributed by atoms with Crippen LogP contribution in [-0.4, -0.2) is 21.9 Å². The van der Waals surface area contributed by atoms with Crippen molar-refractivity contribution in [3.05, 3.63) is 78.1 Å². The fraction of sp³-hybridized carbons (Fsp3) is 0.240. The van der Waals surface area contributed by atoms with Gasteiger partial charge in [-0.1, -0.05) is 18.2 Å². The summed E-state index contributed by atoms with van der Waals surface area (Å²) in [6.45, 7) is 0. The molecule has 5 rings (SSSR count). The second-order valence-corrected chi connectivity index (χ2v) is 8.85. The predicted molar refractivity (Wildman–Crippen MR) is 126 cm³/mol. The largest absolute Gasteiger partial charge is 0.457 e. The van der Waals surface area contributed by atoms with E-state index in [0.29, 0.717) is 30.0 Å². The van der Waals surface area contributed by atoms with Crippen LogP contribution in [0, 0.1) is 11.3 Å². The molecule has 1 saturated carbocycles. The molecular weight excluding hydrogens is 477 g/mol. The van der Waals surface area contributed by atoms with Crippen LogP contribution in [0.15, 0.2) is 66.9 Å². The van der Waals surface area contributed by atoms with Crippen LogP contribution in [0.3, 0.4) is 0 Å². The Hall–Kier alpha value is -3.71. The number of carbonyl (C=O) groups excluding carboxylic acids is 1. The highest BCUT2D eigenvalue weighted by molar-refractivity contribution is 7.81. The maximum atomic E-state index is 13.6. The number of nitriles is 1.